The molecule has 102 valence electrons. The molecule has 0 saturated heterocycles. The van der Waals surface area contributed by atoms with Crippen molar-refractivity contribution in [2.24, 2.45) is 0 Å². The lowest BCUT2D eigenvalue weighted by molar-refractivity contribution is -0.584. The Kier molecular flexibility index (Phi) is 4.14. The summed E-state index contributed by atoms with van der Waals surface area (Å²) in [5.41, 5.74) is 5.64. The van der Waals surface area contributed by atoms with Crippen LogP contribution in [-0.4, -0.2) is 11.0 Å². The number of aromatic amines is 1. The number of rotatable bonds is 4. The fourth-order valence-electron chi connectivity index (χ4n) is 2.27. The summed E-state index contributed by atoms with van der Waals surface area (Å²) in [5, 5.41) is 2.59. The summed E-state index contributed by atoms with van der Waals surface area (Å²) in [6.45, 7) is 8.17. The van der Waals surface area contributed by atoms with Crippen molar-refractivity contribution in [1.29, 1.82) is 0 Å². The second-order valence-electron chi connectivity index (χ2n) is 4.82. The third-order valence-corrected chi connectivity index (χ3v) is 4.23. The molecule has 0 amide bonds. The third kappa shape index (κ3) is 3.10. The minimum atomic E-state index is -0.310. The zero-order chi connectivity index (χ0) is 14.0. The molecule has 1 aromatic heterocycles. The highest BCUT2D eigenvalue weighted by molar-refractivity contribution is 7.92. The van der Waals surface area contributed by atoms with E-state index in [9.17, 15) is 4.79 Å². The maximum Gasteiger partial charge on any atom is 0.431 e. The standard InChI is InChI=1S/C14H18N2O2S/c1-9-7-10(2)13(11(3)8-9)5-6-19-16-12(4)14(17)18-15-16/h7-8H,5-6H2,1-4H3/p+1. The Balaban J connectivity index is 2.04. The Hall–Kier alpha value is -1.49. The molecule has 0 aliphatic carbocycles. The number of hydrogen-bond donors (Lipinski definition) is 1. The summed E-state index contributed by atoms with van der Waals surface area (Å²) in [7, 11) is 0. The van der Waals surface area contributed by atoms with Crippen LogP contribution in [0.4, 0.5) is 0 Å². The molecule has 2 aromatic rings. The van der Waals surface area contributed by atoms with E-state index in [0.717, 1.165) is 12.2 Å². The van der Waals surface area contributed by atoms with Gasteiger partial charge in [-0.05, 0) is 53.2 Å². The number of nitrogens with zero attached hydrogens (tertiary/aromatic N) is 1. The lowest BCUT2D eigenvalue weighted by Crippen LogP contribution is -2.32. The van der Waals surface area contributed by atoms with Crippen LogP contribution in [0.5, 0.6) is 0 Å². The molecule has 0 bridgehead atoms. The van der Waals surface area contributed by atoms with Gasteiger partial charge in [-0.25, -0.2) is 4.79 Å². The predicted molar refractivity (Wildman–Crippen MR) is 76.5 cm³/mol. The van der Waals surface area contributed by atoms with E-state index in [-0.39, 0.29) is 5.63 Å². The lowest BCUT2D eigenvalue weighted by atomic mass is 9.98. The van der Waals surface area contributed by atoms with Crippen molar-refractivity contribution in [1.82, 2.24) is 5.27 Å². The fourth-order valence-corrected chi connectivity index (χ4v) is 3.11. The fraction of sp³-hybridized carbons (Fsp3) is 0.429. The maximum absolute atomic E-state index is 11.2. The second kappa shape index (κ2) is 5.65. The molecule has 0 aliphatic rings. The summed E-state index contributed by atoms with van der Waals surface area (Å²) in [5.74, 6) is 0.895. The molecule has 0 atom stereocenters. The molecule has 1 aromatic carbocycles. The van der Waals surface area contributed by atoms with Gasteiger partial charge in [-0.15, -0.1) is 0 Å². The van der Waals surface area contributed by atoms with Gasteiger partial charge in [0.15, 0.2) is 11.9 Å². The summed E-state index contributed by atoms with van der Waals surface area (Å²) in [6, 6.07) is 4.43. The van der Waals surface area contributed by atoms with E-state index < -0.39 is 0 Å². The van der Waals surface area contributed by atoms with Crippen molar-refractivity contribution in [3.05, 3.63) is 50.5 Å². The second-order valence-corrected chi connectivity index (χ2v) is 5.85. The van der Waals surface area contributed by atoms with Crippen LogP contribution in [0.1, 0.15) is 27.9 Å². The number of aryl methyl sites for hydroxylation is 3. The van der Waals surface area contributed by atoms with Gasteiger partial charge in [-0.1, -0.05) is 17.7 Å². The molecule has 1 heterocycles. The van der Waals surface area contributed by atoms with Crippen LogP contribution >= 0.6 is 11.9 Å². The quantitative estimate of drug-likeness (QED) is 0.873. The van der Waals surface area contributed by atoms with Crippen LogP contribution in [0.25, 0.3) is 0 Å². The van der Waals surface area contributed by atoms with Crippen molar-refractivity contribution in [2.75, 3.05) is 5.75 Å². The molecule has 0 radical (unpaired) electrons. The van der Waals surface area contributed by atoms with Crippen LogP contribution in [0.15, 0.2) is 21.5 Å². The highest BCUT2D eigenvalue weighted by atomic mass is 32.2. The minimum Gasteiger partial charge on any atom is -0.282 e. The lowest BCUT2D eigenvalue weighted by Gasteiger charge is -2.09. The first-order chi connectivity index (χ1) is 8.99. The molecule has 4 nitrogen and oxygen atoms in total. The van der Waals surface area contributed by atoms with E-state index in [2.05, 4.69) is 38.2 Å². The van der Waals surface area contributed by atoms with Crippen LogP contribution in [0.2, 0.25) is 0 Å². The van der Waals surface area contributed by atoms with Gasteiger partial charge in [0.05, 0.1) is 5.75 Å². The highest BCUT2D eigenvalue weighted by Gasteiger charge is 2.17. The number of H-pyrrole nitrogens is 1. The van der Waals surface area contributed by atoms with Gasteiger partial charge in [-0.3, -0.25) is 4.52 Å². The van der Waals surface area contributed by atoms with Crippen molar-refractivity contribution in [3.8, 4) is 0 Å². The first-order valence-corrected chi connectivity index (χ1v) is 7.23. The summed E-state index contributed by atoms with van der Waals surface area (Å²) < 4.78 is 6.40. The highest BCUT2D eigenvalue weighted by Crippen LogP contribution is 2.17. The van der Waals surface area contributed by atoms with Gasteiger partial charge in [0, 0.05) is 6.92 Å². The van der Waals surface area contributed by atoms with Crippen molar-refractivity contribution in [2.45, 2.75) is 34.1 Å². The van der Waals surface area contributed by atoms with Gasteiger partial charge in [0.2, 0.25) is 0 Å². The van der Waals surface area contributed by atoms with Gasteiger partial charge >= 0.3 is 11.3 Å². The zero-order valence-electron chi connectivity index (χ0n) is 11.7. The molecular weight excluding hydrogens is 260 g/mol. The van der Waals surface area contributed by atoms with Crippen molar-refractivity contribution in [3.63, 3.8) is 0 Å². The van der Waals surface area contributed by atoms with E-state index in [4.69, 9.17) is 4.52 Å². The average molecular weight is 279 g/mol. The molecule has 0 spiro atoms. The molecule has 0 saturated carbocycles. The predicted octanol–water partition coefficient (Wildman–Crippen LogP) is 2.23. The van der Waals surface area contributed by atoms with Crippen LogP contribution < -0.4 is 9.71 Å². The smallest absolute Gasteiger partial charge is 0.282 e. The molecule has 19 heavy (non-hydrogen) atoms. The molecule has 0 unspecified atom stereocenters. The largest absolute Gasteiger partial charge is 0.431 e. The summed E-state index contributed by atoms with van der Waals surface area (Å²) in [6.07, 6.45) is 0.974. The molecule has 0 aliphatic heterocycles. The normalized spacial score (nSPS) is 10.9. The Morgan fingerprint density at radius 3 is 2.37 bits per heavy atom. The topological polar surface area (TPSA) is 49.9 Å². The number of nitrogens with one attached hydrogen (secondary N) is 1. The molecule has 2 rings (SSSR count). The van der Waals surface area contributed by atoms with Gasteiger partial charge in [0.1, 0.15) is 0 Å². The molecule has 0 fully saturated rings. The van der Waals surface area contributed by atoms with Gasteiger partial charge in [0.25, 0.3) is 0 Å². The van der Waals surface area contributed by atoms with Crippen LogP contribution in [0, 0.1) is 27.7 Å². The summed E-state index contributed by atoms with van der Waals surface area (Å²) in [4.78, 5) is 11.2. The van der Waals surface area contributed by atoms with Crippen molar-refractivity contribution < 1.29 is 8.61 Å². The monoisotopic (exact) mass is 279 g/mol. The SMILES string of the molecule is Cc1cc(C)c(CCS[n+]2[nH]oc(=O)c2C)c(C)c1. The Labute approximate surface area is 116 Å². The summed E-state index contributed by atoms with van der Waals surface area (Å²) >= 11 is 1.55. The van der Waals surface area contributed by atoms with Gasteiger partial charge in [-0.2, -0.15) is 0 Å². The average Bonchev–Trinajstić information content (AvgIpc) is 2.64. The Bertz CT molecular complexity index is 620. The molecule has 5 heteroatoms. The number of benzene rings is 1. The van der Waals surface area contributed by atoms with E-state index >= 15 is 0 Å². The molecular formula is C14H19N2O2S+. The Morgan fingerprint density at radius 2 is 1.84 bits per heavy atom. The number of aromatic nitrogens is 2. The maximum atomic E-state index is 11.2. The van der Waals surface area contributed by atoms with E-state index in [1.807, 2.05) is 0 Å². The van der Waals surface area contributed by atoms with E-state index in [1.165, 1.54) is 22.3 Å². The van der Waals surface area contributed by atoms with Crippen LogP contribution in [-0.2, 0) is 6.42 Å². The first kappa shape index (κ1) is 13.9. The minimum absolute atomic E-state index is 0.310. The third-order valence-electron chi connectivity index (χ3n) is 3.23. The van der Waals surface area contributed by atoms with E-state index in [1.54, 1.807) is 23.0 Å². The molecule has 1 N–H and O–H groups in total. The zero-order valence-corrected chi connectivity index (χ0v) is 12.6. The van der Waals surface area contributed by atoms with Crippen LogP contribution in [0.3, 0.4) is 0 Å². The van der Waals surface area contributed by atoms with Crippen molar-refractivity contribution >= 4 is 11.9 Å². The van der Waals surface area contributed by atoms with E-state index in [0.29, 0.717) is 5.69 Å². The van der Waals surface area contributed by atoms with Gasteiger partial charge < -0.3 is 0 Å². The first-order valence-electron chi connectivity index (χ1n) is 6.29. The number of hydrogen-bond acceptors (Lipinski definition) is 3. The Morgan fingerprint density at radius 1 is 1.21 bits per heavy atom.